The summed E-state index contributed by atoms with van der Waals surface area (Å²) in [6, 6.07) is 15.6. The number of carbonyl (C=O) groups excluding carboxylic acids is 1. The summed E-state index contributed by atoms with van der Waals surface area (Å²) in [6.07, 6.45) is 0.517. The maximum Gasteiger partial charge on any atom is 0.258 e. The summed E-state index contributed by atoms with van der Waals surface area (Å²) in [5.41, 5.74) is 1.36. The molecule has 1 N–H and O–H groups in total. The van der Waals surface area contributed by atoms with Crippen molar-refractivity contribution >= 4 is 48.3 Å². The molecule has 0 fully saturated rings. The van der Waals surface area contributed by atoms with E-state index in [9.17, 15) is 13.2 Å². The molecule has 0 atom stereocenters. The standard InChI is InChI=1S/C19H16BrN3O3S2/c20-15-9-5-4-8-14(15)18(24)22-19-21-16-10-11-23(12-17(16)27-19)28(25,26)13-6-2-1-3-7-13/h1-9H,10-12H2,(H,21,22,24). The molecule has 2 heterocycles. The minimum absolute atomic E-state index is 0.257. The molecule has 144 valence electrons. The Morgan fingerprint density at radius 1 is 1.11 bits per heavy atom. The summed E-state index contributed by atoms with van der Waals surface area (Å²) in [5.74, 6) is -0.257. The van der Waals surface area contributed by atoms with Gasteiger partial charge >= 0.3 is 0 Å². The Bertz CT molecular complexity index is 1130. The van der Waals surface area contributed by atoms with Crippen LogP contribution in [0.15, 0.2) is 64.0 Å². The number of nitrogens with zero attached hydrogens (tertiary/aromatic N) is 2. The molecule has 0 unspecified atom stereocenters. The van der Waals surface area contributed by atoms with Gasteiger partial charge in [-0.05, 0) is 40.2 Å². The van der Waals surface area contributed by atoms with Gasteiger partial charge in [0.2, 0.25) is 10.0 Å². The lowest BCUT2D eigenvalue weighted by molar-refractivity contribution is 0.102. The summed E-state index contributed by atoms with van der Waals surface area (Å²) < 4.78 is 27.8. The average molecular weight is 478 g/mol. The molecular formula is C19H16BrN3O3S2. The van der Waals surface area contributed by atoms with Crippen molar-refractivity contribution in [2.75, 3.05) is 11.9 Å². The van der Waals surface area contributed by atoms with Gasteiger partial charge in [-0.2, -0.15) is 4.31 Å². The molecule has 28 heavy (non-hydrogen) atoms. The highest BCUT2D eigenvalue weighted by Crippen LogP contribution is 2.31. The van der Waals surface area contributed by atoms with Crippen molar-refractivity contribution in [2.24, 2.45) is 0 Å². The summed E-state index contributed by atoms with van der Waals surface area (Å²) in [4.78, 5) is 18.1. The van der Waals surface area contributed by atoms with E-state index in [1.165, 1.54) is 15.6 Å². The lowest BCUT2D eigenvalue weighted by Gasteiger charge is -2.25. The van der Waals surface area contributed by atoms with Crippen molar-refractivity contribution in [2.45, 2.75) is 17.9 Å². The molecule has 2 aromatic carbocycles. The lowest BCUT2D eigenvalue weighted by atomic mass is 10.2. The van der Waals surface area contributed by atoms with Crippen molar-refractivity contribution in [1.29, 1.82) is 0 Å². The number of aromatic nitrogens is 1. The van der Waals surface area contributed by atoms with Crippen LogP contribution in [0.4, 0.5) is 5.13 Å². The monoisotopic (exact) mass is 477 g/mol. The van der Waals surface area contributed by atoms with Gasteiger partial charge < -0.3 is 0 Å². The second kappa shape index (κ2) is 7.75. The van der Waals surface area contributed by atoms with Gasteiger partial charge in [0, 0.05) is 22.3 Å². The maximum atomic E-state index is 12.8. The van der Waals surface area contributed by atoms with E-state index in [0.717, 1.165) is 10.6 Å². The highest BCUT2D eigenvalue weighted by Gasteiger charge is 2.30. The molecule has 1 aliphatic rings. The highest BCUT2D eigenvalue weighted by molar-refractivity contribution is 9.10. The molecule has 0 radical (unpaired) electrons. The SMILES string of the molecule is O=C(Nc1nc2c(s1)CN(S(=O)(=O)c1ccccc1)CC2)c1ccccc1Br. The minimum atomic E-state index is -3.55. The van der Waals surface area contributed by atoms with Crippen molar-refractivity contribution < 1.29 is 13.2 Å². The molecule has 0 saturated carbocycles. The van der Waals surface area contributed by atoms with E-state index in [4.69, 9.17) is 0 Å². The van der Waals surface area contributed by atoms with Gasteiger partial charge in [0.05, 0.1) is 22.7 Å². The Balaban J connectivity index is 1.53. The number of hydrogen-bond donors (Lipinski definition) is 1. The average Bonchev–Trinajstić information content (AvgIpc) is 3.10. The van der Waals surface area contributed by atoms with Gasteiger partial charge in [0.25, 0.3) is 5.91 Å². The second-order valence-electron chi connectivity index (χ2n) is 6.22. The summed E-state index contributed by atoms with van der Waals surface area (Å²) in [6.45, 7) is 0.626. The van der Waals surface area contributed by atoms with Crippen LogP contribution in [0.2, 0.25) is 0 Å². The molecular weight excluding hydrogens is 462 g/mol. The number of hydrogen-bond acceptors (Lipinski definition) is 5. The number of benzene rings is 2. The fraction of sp³-hybridized carbons (Fsp3) is 0.158. The minimum Gasteiger partial charge on any atom is -0.298 e. The molecule has 3 aromatic rings. The largest absolute Gasteiger partial charge is 0.298 e. The van der Waals surface area contributed by atoms with E-state index in [0.29, 0.717) is 28.1 Å². The van der Waals surface area contributed by atoms with Crippen LogP contribution in [0.25, 0.3) is 0 Å². The van der Waals surface area contributed by atoms with Crippen molar-refractivity contribution in [3.63, 3.8) is 0 Å². The molecule has 1 amide bonds. The lowest BCUT2D eigenvalue weighted by Crippen LogP contribution is -2.35. The Morgan fingerprint density at radius 2 is 1.82 bits per heavy atom. The van der Waals surface area contributed by atoms with Crippen molar-refractivity contribution in [3.8, 4) is 0 Å². The van der Waals surface area contributed by atoms with E-state index in [-0.39, 0.29) is 17.3 Å². The third kappa shape index (κ3) is 3.75. The molecule has 4 rings (SSSR count). The number of amides is 1. The molecule has 0 spiro atoms. The first-order valence-corrected chi connectivity index (χ1v) is 11.6. The Hall–Kier alpha value is -2.07. The molecule has 0 aliphatic carbocycles. The molecule has 0 saturated heterocycles. The second-order valence-corrected chi connectivity index (χ2v) is 10.1. The number of thiazole rings is 1. The highest BCUT2D eigenvalue weighted by atomic mass is 79.9. The van der Waals surface area contributed by atoms with Gasteiger partial charge in [-0.25, -0.2) is 13.4 Å². The first kappa shape index (κ1) is 19.3. The van der Waals surface area contributed by atoms with Gasteiger partial charge in [-0.1, -0.05) is 30.3 Å². The molecule has 1 aromatic heterocycles. The third-order valence-electron chi connectivity index (χ3n) is 4.42. The first-order valence-electron chi connectivity index (χ1n) is 8.55. The van der Waals surface area contributed by atoms with Crippen LogP contribution < -0.4 is 5.32 Å². The van der Waals surface area contributed by atoms with Crippen LogP contribution in [0.5, 0.6) is 0 Å². The zero-order chi connectivity index (χ0) is 19.7. The number of sulfonamides is 1. The van der Waals surface area contributed by atoms with Gasteiger partial charge in [0.15, 0.2) is 5.13 Å². The zero-order valence-corrected chi connectivity index (χ0v) is 17.9. The molecule has 1 aliphatic heterocycles. The number of fused-ring (bicyclic) bond motifs is 1. The predicted octanol–water partition coefficient (Wildman–Crippen LogP) is 3.90. The Kier molecular flexibility index (Phi) is 5.33. The summed E-state index contributed by atoms with van der Waals surface area (Å²) >= 11 is 4.68. The summed E-state index contributed by atoms with van der Waals surface area (Å²) in [5, 5.41) is 3.29. The fourth-order valence-electron chi connectivity index (χ4n) is 2.98. The Morgan fingerprint density at radius 3 is 2.57 bits per heavy atom. The quantitative estimate of drug-likeness (QED) is 0.617. The molecule has 0 bridgehead atoms. The Labute approximate surface area is 175 Å². The maximum absolute atomic E-state index is 12.8. The van der Waals surface area contributed by atoms with Crippen molar-refractivity contribution in [1.82, 2.24) is 9.29 Å². The van der Waals surface area contributed by atoms with Gasteiger partial charge in [-0.15, -0.1) is 11.3 Å². The first-order chi connectivity index (χ1) is 13.4. The number of nitrogens with one attached hydrogen (secondary N) is 1. The van der Waals surface area contributed by atoms with Crippen LogP contribution in [-0.2, 0) is 23.0 Å². The predicted molar refractivity (Wildman–Crippen MR) is 112 cm³/mol. The number of anilines is 1. The summed E-state index contributed by atoms with van der Waals surface area (Å²) in [7, 11) is -3.55. The molecule has 9 heteroatoms. The van der Waals surface area contributed by atoms with Crippen LogP contribution in [0.1, 0.15) is 20.9 Å². The third-order valence-corrected chi connectivity index (χ3v) is 7.96. The van der Waals surface area contributed by atoms with E-state index >= 15 is 0 Å². The van der Waals surface area contributed by atoms with E-state index < -0.39 is 10.0 Å². The topological polar surface area (TPSA) is 79.4 Å². The van der Waals surface area contributed by atoms with E-state index in [1.54, 1.807) is 48.5 Å². The normalized spacial score (nSPS) is 14.5. The van der Waals surface area contributed by atoms with Crippen LogP contribution in [-0.4, -0.2) is 30.2 Å². The number of halogens is 1. The van der Waals surface area contributed by atoms with Gasteiger partial charge in [0.1, 0.15) is 0 Å². The zero-order valence-electron chi connectivity index (χ0n) is 14.6. The van der Waals surface area contributed by atoms with Crippen molar-refractivity contribution in [3.05, 3.63) is 75.2 Å². The van der Waals surface area contributed by atoms with Crippen LogP contribution >= 0.6 is 27.3 Å². The number of rotatable bonds is 4. The van der Waals surface area contributed by atoms with Gasteiger partial charge in [-0.3, -0.25) is 10.1 Å². The fourth-order valence-corrected chi connectivity index (χ4v) is 5.98. The van der Waals surface area contributed by atoms with Crippen LogP contribution in [0.3, 0.4) is 0 Å². The van der Waals surface area contributed by atoms with E-state index in [1.807, 2.05) is 6.07 Å². The molecule has 6 nitrogen and oxygen atoms in total. The smallest absolute Gasteiger partial charge is 0.258 e. The van der Waals surface area contributed by atoms with E-state index in [2.05, 4.69) is 26.2 Å². The number of carbonyl (C=O) groups is 1. The van der Waals surface area contributed by atoms with Crippen LogP contribution in [0, 0.1) is 0 Å².